The summed E-state index contributed by atoms with van der Waals surface area (Å²) in [4.78, 5) is 10.2. The predicted molar refractivity (Wildman–Crippen MR) is 70.2 cm³/mol. The van der Waals surface area contributed by atoms with Gasteiger partial charge in [0.15, 0.2) is 0 Å². The molecule has 7 heteroatoms. The topological polar surface area (TPSA) is 87.6 Å². The van der Waals surface area contributed by atoms with E-state index in [1.807, 2.05) is 0 Å². The molecule has 0 saturated heterocycles. The van der Waals surface area contributed by atoms with Crippen molar-refractivity contribution in [3.8, 4) is 0 Å². The second-order valence-corrected chi connectivity index (χ2v) is 4.68. The highest BCUT2D eigenvalue weighted by Crippen LogP contribution is 2.23. The van der Waals surface area contributed by atoms with E-state index in [0.29, 0.717) is 13.0 Å². The van der Waals surface area contributed by atoms with E-state index in [9.17, 15) is 0 Å². The number of nitrogens with two attached hydrogens (primary N) is 1. The van der Waals surface area contributed by atoms with Gasteiger partial charge in [-0.1, -0.05) is 5.16 Å². The molecular weight excluding hydrogens is 286 g/mol. The highest BCUT2D eigenvalue weighted by molar-refractivity contribution is 9.10. The Labute approximate surface area is 109 Å². The van der Waals surface area contributed by atoms with E-state index in [1.54, 1.807) is 6.20 Å². The molecule has 6 nitrogen and oxygen atoms in total. The molecule has 0 aliphatic rings. The number of hydrogen-bond donors (Lipinski definition) is 2. The molecule has 1 aromatic rings. The summed E-state index contributed by atoms with van der Waals surface area (Å²) < 4.78 is 0.827. The molecule has 0 saturated carbocycles. The van der Waals surface area contributed by atoms with Crippen LogP contribution in [0.2, 0.25) is 0 Å². The molecule has 1 aromatic heterocycles. The van der Waals surface area contributed by atoms with Gasteiger partial charge in [-0.15, -0.1) is 0 Å². The van der Waals surface area contributed by atoms with E-state index < -0.39 is 0 Å². The van der Waals surface area contributed by atoms with Crippen molar-refractivity contribution >= 4 is 27.6 Å². The third kappa shape index (κ3) is 3.85. The van der Waals surface area contributed by atoms with Gasteiger partial charge in [0.2, 0.25) is 0 Å². The number of rotatable bonds is 5. The maximum absolute atomic E-state index is 8.52. The van der Waals surface area contributed by atoms with Crippen molar-refractivity contribution in [2.24, 2.45) is 10.9 Å². The summed E-state index contributed by atoms with van der Waals surface area (Å²) in [5.41, 5.74) is 5.47. The van der Waals surface area contributed by atoms with Crippen LogP contribution in [0.5, 0.6) is 0 Å². The smallest absolute Gasteiger partial charge is 0.146 e. The zero-order valence-electron chi connectivity index (χ0n) is 9.84. The van der Waals surface area contributed by atoms with Gasteiger partial charge in [-0.2, -0.15) is 0 Å². The lowest BCUT2D eigenvalue weighted by atomic mass is 10.2. The van der Waals surface area contributed by atoms with Crippen LogP contribution in [0.25, 0.3) is 0 Å². The Hall–Kier alpha value is -1.37. The summed E-state index contributed by atoms with van der Waals surface area (Å²) in [6.07, 6.45) is 3.67. The summed E-state index contributed by atoms with van der Waals surface area (Å²) in [7, 11) is 0. The Bertz CT molecular complexity index is 396. The van der Waals surface area contributed by atoms with Crippen LogP contribution in [0, 0.1) is 0 Å². The number of aromatic nitrogens is 2. The lowest BCUT2D eigenvalue weighted by Gasteiger charge is -2.28. The number of amidine groups is 1. The first-order chi connectivity index (χ1) is 8.06. The molecule has 0 unspecified atom stereocenters. The Kier molecular flexibility index (Phi) is 5.14. The first-order valence-electron chi connectivity index (χ1n) is 5.24. The van der Waals surface area contributed by atoms with Gasteiger partial charge in [0.05, 0.1) is 4.47 Å². The standard InChI is InChI=1S/C10H16BrN5O/c1-7(2)16(4-3-9(12)15-17)10-8(11)5-13-6-14-10/h5-7,17H,3-4H2,1-2H3,(H2,12,15). The van der Waals surface area contributed by atoms with Gasteiger partial charge in [-0.05, 0) is 29.8 Å². The van der Waals surface area contributed by atoms with Gasteiger partial charge >= 0.3 is 0 Å². The molecule has 3 N–H and O–H groups in total. The summed E-state index contributed by atoms with van der Waals surface area (Å²) in [6, 6.07) is 0.257. The second-order valence-electron chi connectivity index (χ2n) is 3.82. The fraction of sp³-hybridized carbons (Fsp3) is 0.500. The van der Waals surface area contributed by atoms with Gasteiger partial charge < -0.3 is 15.8 Å². The molecule has 0 aliphatic heterocycles. The first-order valence-corrected chi connectivity index (χ1v) is 6.04. The number of hydrogen-bond acceptors (Lipinski definition) is 5. The number of halogens is 1. The van der Waals surface area contributed by atoms with Crippen molar-refractivity contribution in [2.45, 2.75) is 26.3 Å². The van der Waals surface area contributed by atoms with Gasteiger partial charge in [0, 0.05) is 25.2 Å². The summed E-state index contributed by atoms with van der Waals surface area (Å²) >= 11 is 3.41. The number of nitrogens with zero attached hydrogens (tertiary/aromatic N) is 4. The van der Waals surface area contributed by atoms with Crippen molar-refractivity contribution in [2.75, 3.05) is 11.4 Å². The van der Waals surface area contributed by atoms with Gasteiger partial charge in [0.25, 0.3) is 0 Å². The summed E-state index contributed by atoms with van der Waals surface area (Å²) in [5, 5.41) is 11.5. The normalized spacial score (nSPS) is 11.9. The van der Waals surface area contributed by atoms with Gasteiger partial charge in [0.1, 0.15) is 18.0 Å². The molecule has 0 atom stereocenters. The SMILES string of the molecule is CC(C)N(CCC(N)=NO)c1ncncc1Br. The van der Waals surface area contributed by atoms with E-state index in [-0.39, 0.29) is 11.9 Å². The predicted octanol–water partition coefficient (Wildman–Crippen LogP) is 1.59. The molecule has 1 heterocycles. The van der Waals surface area contributed by atoms with Crippen molar-refractivity contribution in [1.29, 1.82) is 0 Å². The molecule has 0 radical (unpaired) electrons. The largest absolute Gasteiger partial charge is 0.409 e. The second kappa shape index (κ2) is 6.39. The average Bonchev–Trinajstić information content (AvgIpc) is 2.30. The quantitative estimate of drug-likeness (QED) is 0.373. The molecule has 94 valence electrons. The molecule has 0 amide bonds. The van der Waals surface area contributed by atoms with E-state index in [1.165, 1.54) is 6.33 Å². The van der Waals surface area contributed by atoms with E-state index >= 15 is 0 Å². The Balaban J connectivity index is 2.83. The van der Waals surface area contributed by atoms with Crippen molar-refractivity contribution in [3.05, 3.63) is 17.0 Å². The van der Waals surface area contributed by atoms with Crippen molar-refractivity contribution in [1.82, 2.24) is 9.97 Å². The van der Waals surface area contributed by atoms with E-state index in [0.717, 1.165) is 10.3 Å². The minimum absolute atomic E-state index is 0.209. The van der Waals surface area contributed by atoms with Crippen LogP contribution in [0.3, 0.4) is 0 Å². The maximum Gasteiger partial charge on any atom is 0.146 e. The summed E-state index contributed by atoms with van der Waals surface area (Å²) in [5.74, 6) is 1.02. The zero-order valence-corrected chi connectivity index (χ0v) is 11.4. The lowest BCUT2D eigenvalue weighted by Crippen LogP contribution is -2.35. The summed E-state index contributed by atoms with van der Waals surface area (Å²) in [6.45, 7) is 4.74. The molecule has 0 spiro atoms. The highest BCUT2D eigenvalue weighted by atomic mass is 79.9. The van der Waals surface area contributed by atoms with Crippen LogP contribution in [-0.2, 0) is 0 Å². The average molecular weight is 302 g/mol. The monoisotopic (exact) mass is 301 g/mol. The number of anilines is 1. The van der Waals surface area contributed by atoms with Crippen molar-refractivity contribution < 1.29 is 5.21 Å². The molecule has 1 rings (SSSR count). The van der Waals surface area contributed by atoms with Crippen LogP contribution < -0.4 is 10.6 Å². The Morgan fingerprint density at radius 3 is 2.88 bits per heavy atom. The fourth-order valence-electron chi connectivity index (χ4n) is 1.41. The van der Waals surface area contributed by atoms with Crippen LogP contribution in [0.15, 0.2) is 22.2 Å². The van der Waals surface area contributed by atoms with Crippen LogP contribution in [-0.4, -0.2) is 33.6 Å². The van der Waals surface area contributed by atoms with Crippen LogP contribution >= 0.6 is 15.9 Å². The van der Waals surface area contributed by atoms with Gasteiger partial charge in [-0.3, -0.25) is 0 Å². The third-order valence-corrected chi connectivity index (χ3v) is 2.84. The first kappa shape index (κ1) is 13.7. The molecule has 17 heavy (non-hydrogen) atoms. The molecule has 0 aliphatic carbocycles. The zero-order chi connectivity index (χ0) is 12.8. The van der Waals surface area contributed by atoms with Crippen LogP contribution in [0.4, 0.5) is 5.82 Å². The lowest BCUT2D eigenvalue weighted by molar-refractivity contribution is 0.317. The third-order valence-electron chi connectivity index (χ3n) is 2.28. The van der Waals surface area contributed by atoms with E-state index in [4.69, 9.17) is 10.9 Å². The molecule has 0 fully saturated rings. The highest BCUT2D eigenvalue weighted by Gasteiger charge is 2.15. The Morgan fingerprint density at radius 1 is 1.65 bits per heavy atom. The molecular formula is C10H16BrN5O. The Morgan fingerprint density at radius 2 is 2.35 bits per heavy atom. The number of oxime groups is 1. The minimum Gasteiger partial charge on any atom is -0.409 e. The maximum atomic E-state index is 8.52. The van der Waals surface area contributed by atoms with Crippen molar-refractivity contribution in [3.63, 3.8) is 0 Å². The van der Waals surface area contributed by atoms with Crippen LogP contribution in [0.1, 0.15) is 20.3 Å². The minimum atomic E-state index is 0.209. The molecule has 0 aromatic carbocycles. The van der Waals surface area contributed by atoms with Gasteiger partial charge in [-0.25, -0.2) is 9.97 Å². The van der Waals surface area contributed by atoms with E-state index in [2.05, 4.69) is 49.8 Å². The molecule has 0 bridgehead atoms. The fourth-order valence-corrected chi connectivity index (χ4v) is 1.86.